The molecule has 0 aliphatic heterocycles. The third-order valence-electron chi connectivity index (χ3n) is 2.63. The van der Waals surface area contributed by atoms with Crippen LogP contribution in [0.15, 0.2) is 18.2 Å². The van der Waals surface area contributed by atoms with Gasteiger partial charge in [-0.15, -0.1) is 5.10 Å². The number of benzene rings is 1. The molecule has 0 unspecified atom stereocenters. The summed E-state index contributed by atoms with van der Waals surface area (Å²) in [5, 5.41) is 16.0. The van der Waals surface area contributed by atoms with E-state index >= 15 is 0 Å². The minimum Gasteiger partial charge on any atom is -0.384 e. The first-order valence-electron chi connectivity index (χ1n) is 6.17. The Kier molecular flexibility index (Phi) is 5.28. The number of carbonyl (C=O) groups is 1. The zero-order valence-corrected chi connectivity index (χ0v) is 12.8. The number of rotatable bonds is 3. The van der Waals surface area contributed by atoms with Crippen molar-refractivity contribution in [2.45, 2.75) is 13.3 Å². The molecule has 0 bridgehead atoms. The molecule has 0 saturated carbocycles. The molecule has 0 radical (unpaired) electrons. The highest BCUT2D eigenvalue weighted by atomic mass is 35.5. The Bertz CT molecular complexity index is 718. The van der Waals surface area contributed by atoms with E-state index in [4.69, 9.17) is 16.7 Å². The van der Waals surface area contributed by atoms with E-state index in [1.807, 2.05) is 6.92 Å². The van der Waals surface area contributed by atoms with Crippen LogP contribution in [0.1, 0.15) is 27.9 Å². The predicted molar refractivity (Wildman–Crippen MR) is 82.7 cm³/mol. The van der Waals surface area contributed by atoms with E-state index in [9.17, 15) is 4.79 Å². The number of aliphatic hydroxyl groups is 1. The van der Waals surface area contributed by atoms with E-state index in [2.05, 4.69) is 26.7 Å². The van der Waals surface area contributed by atoms with Crippen molar-refractivity contribution in [3.63, 3.8) is 0 Å². The summed E-state index contributed by atoms with van der Waals surface area (Å²) in [7, 11) is 0. The number of nitrogens with one attached hydrogen (secondary N) is 1. The third-order valence-corrected chi connectivity index (χ3v) is 3.63. The molecular formula is C14H12ClN3O2S. The lowest BCUT2D eigenvalue weighted by atomic mass is 10.1. The molecule has 5 nitrogen and oxygen atoms in total. The fourth-order valence-corrected chi connectivity index (χ4v) is 2.47. The first kappa shape index (κ1) is 15.4. The Morgan fingerprint density at radius 2 is 2.33 bits per heavy atom. The van der Waals surface area contributed by atoms with Gasteiger partial charge in [0.1, 0.15) is 11.5 Å². The second kappa shape index (κ2) is 7.18. The highest BCUT2D eigenvalue weighted by Gasteiger charge is 2.16. The zero-order chi connectivity index (χ0) is 15.2. The largest absolute Gasteiger partial charge is 0.384 e. The summed E-state index contributed by atoms with van der Waals surface area (Å²) < 4.78 is 3.79. The van der Waals surface area contributed by atoms with E-state index in [-0.39, 0.29) is 12.5 Å². The summed E-state index contributed by atoms with van der Waals surface area (Å²) in [6, 6.07) is 4.96. The third kappa shape index (κ3) is 3.79. The van der Waals surface area contributed by atoms with Gasteiger partial charge in [-0.3, -0.25) is 4.79 Å². The lowest BCUT2D eigenvalue weighted by molar-refractivity contribution is 0.102. The number of anilines is 1. The van der Waals surface area contributed by atoms with Crippen molar-refractivity contribution in [1.82, 2.24) is 9.59 Å². The topological polar surface area (TPSA) is 75.1 Å². The van der Waals surface area contributed by atoms with Crippen LogP contribution >= 0.6 is 23.1 Å². The molecule has 108 valence electrons. The highest BCUT2D eigenvalue weighted by molar-refractivity contribution is 7.08. The number of hydrogen-bond acceptors (Lipinski definition) is 5. The minimum atomic E-state index is -0.281. The highest BCUT2D eigenvalue weighted by Crippen LogP contribution is 2.21. The van der Waals surface area contributed by atoms with Crippen LogP contribution in [-0.4, -0.2) is 27.2 Å². The molecule has 1 aromatic carbocycles. The van der Waals surface area contributed by atoms with Gasteiger partial charge >= 0.3 is 0 Å². The summed E-state index contributed by atoms with van der Waals surface area (Å²) in [6.45, 7) is 1.65. The summed E-state index contributed by atoms with van der Waals surface area (Å²) in [6.07, 6.45) is 0.636. The maximum atomic E-state index is 12.3. The first-order valence-corrected chi connectivity index (χ1v) is 7.32. The molecule has 1 heterocycles. The number of hydrogen-bond donors (Lipinski definition) is 2. The second-order valence-electron chi connectivity index (χ2n) is 4.01. The first-order chi connectivity index (χ1) is 10.2. The van der Waals surface area contributed by atoms with Gasteiger partial charge < -0.3 is 10.4 Å². The van der Waals surface area contributed by atoms with Crippen LogP contribution in [0.25, 0.3) is 0 Å². The Morgan fingerprint density at radius 3 is 3.05 bits per heavy atom. The molecule has 0 saturated heterocycles. The van der Waals surface area contributed by atoms with Crippen LogP contribution < -0.4 is 5.32 Å². The van der Waals surface area contributed by atoms with Gasteiger partial charge in [0.2, 0.25) is 0 Å². The van der Waals surface area contributed by atoms with Gasteiger partial charge in [0, 0.05) is 10.6 Å². The average molecular weight is 322 g/mol. The van der Waals surface area contributed by atoms with Gasteiger partial charge in [0.25, 0.3) is 5.91 Å². The number of nitrogens with zero attached hydrogens (tertiary/aromatic N) is 2. The molecule has 0 aliphatic carbocycles. The fraction of sp³-hybridized carbons (Fsp3) is 0.214. The van der Waals surface area contributed by atoms with Gasteiger partial charge in [-0.25, -0.2) is 0 Å². The molecule has 0 aliphatic rings. The molecule has 21 heavy (non-hydrogen) atoms. The molecule has 2 aromatic rings. The average Bonchev–Trinajstić information content (AvgIpc) is 2.96. The smallest absolute Gasteiger partial charge is 0.269 e. The molecular weight excluding hydrogens is 310 g/mol. The van der Waals surface area contributed by atoms with E-state index < -0.39 is 0 Å². The maximum absolute atomic E-state index is 12.3. The summed E-state index contributed by atoms with van der Waals surface area (Å²) in [4.78, 5) is 12.7. The van der Waals surface area contributed by atoms with Crippen molar-refractivity contribution in [2.75, 3.05) is 11.9 Å². The van der Waals surface area contributed by atoms with Crippen LogP contribution in [0, 0.1) is 11.8 Å². The summed E-state index contributed by atoms with van der Waals surface area (Å²) >= 11 is 6.97. The standard InChI is InChI=1S/C14H12ClN3O2S/c1-2-11-13(21-18-17-11)14(20)16-12-6-5-10(15)8-9(12)4-3-7-19/h5-6,8,19H,2,7H2,1H3,(H,16,20). The Labute approximate surface area is 131 Å². The number of aromatic nitrogens is 2. The molecule has 2 rings (SSSR count). The minimum absolute atomic E-state index is 0.265. The number of carbonyl (C=O) groups excluding carboxylic acids is 1. The van der Waals surface area contributed by atoms with Crippen molar-refractivity contribution >= 4 is 34.7 Å². The SMILES string of the molecule is CCc1nnsc1C(=O)Nc1ccc(Cl)cc1C#CCO. The normalized spacial score (nSPS) is 9.86. The molecule has 1 amide bonds. The Morgan fingerprint density at radius 1 is 1.52 bits per heavy atom. The molecule has 7 heteroatoms. The van der Waals surface area contributed by atoms with Gasteiger partial charge in [0.05, 0.1) is 11.4 Å². The summed E-state index contributed by atoms with van der Waals surface area (Å²) in [5.41, 5.74) is 1.73. The van der Waals surface area contributed by atoms with Gasteiger partial charge in [-0.2, -0.15) is 0 Å². The van der Waals surface area contributed by atoms with Gasteiger partial charge in [0.15, 0.2) is 0 Å². The van der Waals surface area contributed by atoms with E-state index in [1.165, 1.54) is 0 Å². The molecule has 2 N–H and O–H groups in total. The van der Waals surface area contributed by atoms with Crippen molar-refractivity contribution in [2.24, 2.45) is 0 Å². The maximum Gasteiger partial charge on any atom is 0.269 e. The van der Waals surface area contributed by atoms with E-state index in [1.54, 1.807) is 18.2 Å². The monoisotopic (exact) mass is 321 g/mol. The zero-order valence-electron chi connectivity index (χ0n) is 11.2. The van der Waals surface area contributed by atoms with Crippen molar-refractivity contribution in [3.8, 4) is 11.8 Å². The van der Waals surface area contributed by atoms with E-state index in [0.29, 0.717) is 33.3 Å². The number of aryl methyl sites for hydroxylation is 1. The van der Waals surface area contributed by atoms with Crippen LogP contribution in [-0.2, 0) is 6.42 Å². The molecule has 0 fully saturated rings. The number of halogens is 1. The quantitative estimate of drug-likeness (QED) is 0.851. The van der Waals surface area contributed by atoms with E-state index in [0.717, 1.165) is 11.5 Å². The predicted octanol–water partition coefficient (Wildman–Crippen LogP) is 2.35. The lowest BCUT2D eigenvalue weighted by Gasteiger charge is -2.07. The van der Waals surface area contributed by atoms with Gasteiger partial charge in [-0.05, 0) is 36.2 Å². The summed E-state index contributed by atoms with van der Waals surface area (Å²) in [5.74, 6) is 5.01. The Hall–Kier alpha value is -1.94. The van der Waals surface area contributed by atoms with Crippen LogP contribution in [0.4, 0.5) is 5.69 Å². The fourth-order valence-electron chi connectivity index (χ4n) is 1.66. The van der Waals surface area contributed by atoms with Crippen LogP contribution in [0.2, 0.25) is 5.02 Å². The van der Waals surface area contributed by atoms with Gasteiger partial charge in [-0.1, -0.05) is 34.9 Å². The van der Waals surface area contributed by atoms with Crippen molar-refractivity contribution in [1.29, 1.82) is 0 Å². The molecule has 0 atom stereocenters. The molecule has 0 spiro atoms. The van der Waals surface area contributed by atoms with Crippen molar-refractivity contribution < 1.29 is 9.90 Å². The van der Waals surface area contributed by atoms with Crippen molar-refractivity contribution in [3.05, 3.63) is 39.4 Å². The second-order valence-corrected chi connectivity index (χ2v) is 5.20. The molecule has 1 aromatic heterocycles. The van der Waals surface area contributed by atoms with Crippen LogP contribution in [0.5, 0.6) is 0 Å². The number of aliphatic hydroxyl groups excluding tert-OH is 1. The number of amides is 1. The lowest BCUT2D eigenvalue weighted by Crippen LogP contribution is -2.13. The Balaban J connectivity index is 2.29. The van der Waals surface area contributed by atoms with Crippen LogP contribution in [0.3, 0.4) is 0 Å².